The van der Waals surface area contributed by atoms with Gasteiger partial charge in [-0.15, -0.1) is 0 Å². The zero-order chi connectivity index (χ0) is 9.14. The molecular weight excluding hydrogens is 159 g/mol. The van der Waals surface area contributed by atoms with Crippen LogP contribution in [-0.2, 0) is 0 Å². The van der Waals surface area contributed by atoms with Crippen molar-refractivity contribution >= 4 is 18.9 Å². The molecule has 1 aromatic rings. The van der Waals surface area contributed by atoms with E-state index in [1.165, 1.54) is 12.1 Å². The fourth-order valence-corrected chi connectivity index (χ4v) is 0.821. The highest BCUT2D eigenvalue weighted by Crippen LogP contribution is 2.11. The number of hydrogen-bond acceptors (Lipinski definition) is 4. The summed E-state index contributed by atoms with van der Waals surface area (Å²) in [6.07, 6.45) is 0.489. The lowest BCUT2D eigenvalue weighted by molar-refractivity contribution is 0.112. The zero-order valence-corrected chi connectivity index (χ0v) is 6.14. The second-order valence-electron chi connectivity index (χ2n) is 2.31. The smallest absolute Gasteiger partial charge is 0.488 e. The Hall–Kier alpha value is -1.33. The Morgan fingerprint density at radius 2 is 2.00 bits per heavy atom. The van der Waals surface area contributed by atoms with Gasteiger partial charge in [0.1, 0.15) is 5.75 Å². The van der Waals surface area contributed by atoms with Crippen molar-refractivity contribution in [3.05, 3.63) is 23.8 Å². The number of hydrogen-bond donors (Lipinski definition) is 3. The molecule has 1 rings (SSSR count). The number of carbonyl (C=O) groups excluding carboxylic acids is 1. The minimum Gasteiger partial charge on any atom is -0.507 e. The normalized spacial score (nSPS) is 9.50. The van der Waals surface area contributed by atoms with Crippen LogP contribution in [0.1, 0.15) is 10.4 Å². The number of phenolic OH excluding ortho intramolecular Hbond substituents is 1. The lowest BCUT2D eigenvalue weighted by atomic mass is 9.80. The molecule has 4 nitrogen and oxygen atoms in total. The molecular formula is C7H7BO4. The fourth-order valence-electron chi connectivity index (χ4n) is 0.821. The average molecular weight is 166 g/mol. The van der Waals surface area contributed by atoms with E-state index < -0.39 is 7.12 Å². The molecule has 0 spiro atoms. The van der Waals surface area contributed by atoms with Crippen LogP contribution in [0.25, 0.3) is 0 Å². The van der Waals surface area contributed by atoms with Crippen LogP contribution < -0.4 is 5.46 Å². The van der Waals surface area contributed by atoms with E-state index in [-0.39, 0.29) is 16.8 Å². The van der Waals surface area contributed by atoms with E-state index in [9.17, 15) is 4.79 Å². The molecule has 0 amide bonds. The molecule has 62 valence electrons. The first-order chi connectivity index (χ1) is 5.65. The van der Waals surface area contributed by atoms with Gasteiger partial charge in [0, 0.05) is 0 Å². The minimum atomic E-state index is -1.63. The van der Waals surface area contributed by atoms with Crippen LogP contribution in [0.15, 0.2) is 18.2 Å². The van der Waals surface area contributed by atoms with Crippen LogP contribution >= 0.6 is 0 Å². The lowest BCUT2D eigenvalue weighted by Gasteiger charge is -2.01. The summed E-state index contributed by atoms with van der Waals surface area (Å²) in [7, 11) is -1.63. The quantitative estimate of drug-likeness (QED) is 0.384. The van der Waals surface area contributed by atoms with Gasteiger partial charge in [-0.3, -0.25) is 4.79 Å². The monoisotopic (exact) mass is 166 g/mol. The standard InChI is InChI=1S/C7H7BO4/c9-4-5-1-2-6(8(11)12)3-7(5)10/h1-4,10-12H. The largest absolute Gasteiger partial charge is 0.507 e. The Balaban J connectivity index is 3.10. The molecule has 0 fully saturated rings. The predicted molar refractivity (Wildman–Crippen MR) is 43.3 cm³/mol. The van der Waals surface area contributed by atoms with Crippen molar-refractivity contribution in [2.75, 3.05) is 0 Å². The predicted octanol–water partition coefficient (Wildman–Crippen LogP) is -1.12. The molecule has 3 N–H and O–H groups in total. The van der Waals surface area contributed by atoms with E-state index in [0.717, 1.165) is 6.07 Å². The zero-order valence-electron chi connectivity index (χ0n) is 6.14. The maximum Gasteiger partial charge on any atom is 0.488 e. The minimum absolute atomic E-state index is 0.124. The average Bonchev–Trinajstić information content (AvgIpc) is 2.04. The van der Waals surface area contributed by atoms with Crippen molar-refractivity contribution in [3.63, 3.8) is 0 Å². The molecule has 12 heavy (non-hydrogen) atoms. The van der Waals surface area contributed by atoms with Gasteiger partial charge < -0.3 is 15.2 Å². The molecule has 0 radical (unpaired) electrons. The van der Waals surface area contributed by atoms with Crippen molar-refractivity contribution < 1.29 is 19.9 Å². The topological polar surface area (TPSA) is 77.8 Å². The Morgan fingerprint density at radius 1 is 1.33 bits per heavy atom. The third-order valence-electron chi connectivity index (χ3n) is 1.48. The number of carbonyl (C=O) groups is 1. The molecule has 1 aromatic carbocycles. The van der Waals surface area contributed by atoms with Crippen LogP contribution in [0.2, 0.25) is 0 Å². The summed E-state index contributed by atoms with van der Waals surface area (Å²) in [5.74, 6) is -0.254. The number of aldehydes is 1. The summed E-state index contributed by atoms with van der Waals surface area (Å²) < 4.78 is 0. The summed E-state index contributed by atoms with van der Waals surface area (Å²) in [5.41, 5.74) is 0.275. The van der Waals surface area contributed by atoms with Crippen LogP contribution in [0.5, 0.6) is 5.75 Å². The van der Waals surface area contributed by atoms with Crippen LogP contribution in [0.3, 0.4) is 0 Å². The first-order valence-electron chi connectivity index (χ1n) is 3.29. The molecule has 0 heterocycles. The maximum absolute atomic E-state index is 10.2. The summed E-state index contributed by atoms with van der Waals surface area (Å²) in [6, 6.07) is 3.81. The molecule has 0 saturated heterocycles. The third kappa shape index (κ3) is 1.64. The maximum atomic E-state index is 10.2. The molecule has 0 saturated carbocycles. The molecule has 0 unspecified atom stereocenters. The molecule has 0 aliphatic carbocycles. The van der Waals surface area contributed by atoms with E-state index >= 15 is 0 Å². The van der Waals surface area contributed by atoms with E-state index in [4.69, 9.17) is 15.2 Å². The van der Waals surface area contributed by atoms with E-state index in [1.54, 1.807) is 0 Å². The Labute approximate surface area is 69.2 Å². The van der Waals surface area contributed by atoms with Gasteiger partial charge in [0.15, 0.2) is 6.29 Å². The number of benzene rings is 1. The molecule has 0 aliphatic heterocycles. The van der Waals surface area contributed by atoms with Gasteiger partial charge in [0.2, 0.25) is 0 Å². The van der Waals surface area contributed by atoms with Gasteiger partial charge in [-0.1, -0.05) is 6.07 Å². The second-order valence-corrected chi connectivity index (χ2v) is 2.31. The van der Waals surface area contributed by atoms with Crippen molar-refractivity contribution in [3.8, 4) is 5.75 Å². The van der Waals surface area contributed by atoms with Crippen LogP contribution in [-0.4, -0.2) is 28.6 Å². The van der Waals surface area contributed by atoms with Gasteiger partial charge in [0.25, 0.3) is 0 Å². The highest BCUT2D eigenvalue weighted by molar-refractivity contribution is 6.58. The molecule has 0 aromatic heterocycles. The number of rotatable bonds is 2. The number of aromatic hydroxyl groups is 1. The van der Waals surface area contributed by atoms with Crippen molar-refractivity contribution in [2.45, 2.75) is 0 Å². The summed E-state index contributed by atoms with van der Waals surface area (Å²) in [6.45, 7) is 0. The van der Waals surface area contributed by atoms with E-state index in [2.05, 4.69) is 0 Å². The SMILES string of the molecule is O=Cc1ccc(B(O)O)cc1O. The van der Waals surface area contributed by atoms with Crippen molar-refractivity contribution in [1.82, 2.24) is 0 Å². The Bertz CT molecular complexity index is 297. The van der Waals surface area contributed by atoms with E-state index in [0.29, 0.717) is 6.29 Å². The third-order valence-corrected chi connectivity index (χ3v) is 1.48. The Kier molecular flexibility index (Phi) is 2.47. The van der Waals surface area contributed by atoms with Crippen molar-refractivity contribution in [1.29, 1.82) is 0 Å². The summed E-state index contributed by atoms with van der Waals surface area (Å²) in [5, 5.41) is 26.4. The van der Waals surface area contributed by atoms with Crippen LogP contribution in [0.4, 0.5) is 0 Å². The van der Waals surface area contributed by atoms with Gasteiger partial charge in [-0.05, 0) is 17.6 Å². The summed E-state index contributed by atoms with van der Waals surface area (Å²) in [4.78, 5) is 10.2. The van der Waals surface area contributed by atoms with Gasteiger partial charge >= 0.3 is 7.12 Å². The fraction of sp³-hybridized carbons (Fsp3) is 0. The highest BCUT2D eigenvalue weighted by Gasteiger charge is 2.12. The number of phenols is 1. The lowest BCUT2D eigenvalue weighted by Crippen LogP contribution is -2.29. The molecule has 0 aliphatic rings. The molecule has 0 bridgehead atoms. The first-order valence-corrected chi connectivity index (χ1v) is 3.29. The highest BCUT2D eigenvalue weighted by atomic mass is 16.4. The van der Waals surface area contributed by atoms with Gasteiger partial charge in [0.05, 0.1) is 5.56 Å². The molecule has 5 heteroatoms. The van der Waals surface area contributed by atoms with Crippen molar-refractivity contribution in [2.24, 2.45) is 0 Å². The van der Waals surface area contributed by atoms with Gasteiger partial charge in [-0.2, -0.15) is 0 Å². The summed E-state index contributed by atoms with van der Waals surface area (Å²) >= 11 is 0. The first kappa shape index (κ1) is 8.77. The van der Waals surface area contributed by atoms with E-state index in [1.807, 2.05) is 0 Å². The molecule has 0 atom stereocenters. The second kappa shape index (κ2) is 3.38. The van der Waals surface area contributed by atoms with Gasteiger partial charge in [-0.25, -0.2) is 0 Å². The van der Waals surface area contributed by atoms with Crippen LogP contribution in [0, 0.1) is 0 Å². The Morgan fingerprint density at radius 3 is 2.42 bits per heavy atom.